The fraction of sp³-hybridized carbons (Fsp3) is 0.312. The first-order chi connectivity index (χ1) is 10.7. The highest BCUT2D eigenvalue weighted by Gasteiger charge is 2.16. The van der Waals surface area contributed by atoms with Crippen LogP contribution in [0.15, 0.2) is 36.0 Å². The van der Waals surface area contributed by atoms with E-state index in [0.717, 1.165) is 19.4 Å². The van der Waals surface area contributed by atoms with E-state index < -0.39 is 0 Å². The number of nitrogens with zero attached hydrogens (tertiary/aromatic N) is 2. The Morgan fingerprint density at radius 1 is 1.41 bits per heavy atom. The van der Waals surface area contributed by atoms with Crippen molar-refractivity contribution in [3.8, 4) is 12.1 Å². The number of carbonyl (C=O) groups excluding carboxylic acids is 1. The van der Waals surface area contributed by atoms with Gasteiger partial charge < -0.3 is 15.4 Å². The number of nitrogens with one attached hydrogen (secondary N) is 2. The first-order valence-corrected chi connectivity index (χ1v) is 6.99. The maximum Gasteiger partial charge on any atom is 0.251 e. The first kappa shape index (κ1) is 15.6. The second-order valence-corrected chi connectivity index (χ2v) is 4.85. The number of allylic oxidation sites excluding steroid dienone is 1. The average molecular weight is 296 g/mol. The molecular weight excluding hydrogens is 280 g/mol. The molecule has 0 saturated carbocycles. The number of ether oxygens (including phenoxy) is 1. The van der Waals surface area contributed by atoms with Gasteiger partial charge in [-0.2, -0.15) is 10.5 Å². The zero-order valence-corrected chi connectivity index (χ0v) is 12.0. The monoisotopic (exact) mass is 296 g/mol. The molecule has 0 bridgehead atoms. The van der Waals surface area contributed by atoms with Crippen molar-refractivity contribution in [2.24, 2.45) is 0 Å². The SMILES string of the molecule is N#CC(C#N)=CNc1cccc(C(=O)NCC2CCCO2)c1. The topological polar surface area (TPSA) is 97.9 Å². The minimum absolute atomic E-state index is 0.0340. The average Bonchev–Trinajstić information content (AvgIpc) is 3.07. The molecule has 0 aliphatic carbocycles. The smallest absolute Gasteiger partial charge is 0.251 e. The third kappa shape index (κ3) is 4.34. The van der Waals surface area contributed by atoms with Gasteiger partial charge in [0.05, 0.1) is 6.10 Å². The summed E-state index contributed by atoms with van der Waals surface area (Å²) in [5.74, 6) is -0.177. The lowest BCUT2D eigenvalue weighted by atomic mass is 10.1. The first-order valence-electron chi connectivity index (χ1n) is 6.99. The number of hydrogen-bond donors (Lipinski definition) is 2. The molecule has 1 amide bonds. The van der Waals surface area contributed by atoms with E-state index >= 15 is 0 Å². The molecule has 112 valence electrons. The summed E-state index contributed by atoms with van der Waals surface area (Å²) < 4.78 is 5.46. The molecule has 0 radical (unpaired) electrons. The number of hydrogen-bond acceptors (Lipinski definition) is 5. The Bertz CT molecular complexity index is 633. The van der Waals surface area contributed by atoms with Crippen molar-refractivity contribution in [3.05, 3.63) is 41.6 Å². The van der Waals surface area contributed by atoms with Crippen molar-refractivity contribution >= 4 is 11.6 Å². The van der Waals surface area contributed by atoms with Crippen molar-refractivity contribution in [2.45, 2.75) is 18.9 Å². The molecule has 1 aromatic carbocycles. The van der Waals surface area contributed by atoms with E-state index in [9.17, 15) is 4.79 Å². The van der Waals surface area contributed by atoms with Crippen molar-refractivity contribution in [1.82, 2.24) is 5.32 Å². The van der Waals surface area contributed by atoms with Crippen LogP contribution in [0.2, 0.25) is 0 Å². The Labute approximate surface area is 129 Å². The van der Waals surface area contributed by atoms with Crippen LogP contribution < -0.4 is 10.6 Å². The Kier molecular flexibility index (Phi) is 5.53. The van der Waals surface area contributed by atoms with Crippen molar-refractivity contribution in [1.29, 1.82) is 10.5 Å². The highest BCUT2D eigenvalue weighted by atomic mass is 16.5. The number of nitriles is 2. The molecule has 1 heterocycles. The van der Waals surface area contributed by atoms with E-state index in [1.54, 1.807) is 36.4 Å². The molecule has 1 aliphatic heterocycles. The Balaban J connectivity index is 1.95. The summed E-state index contributed by atoms with van der Waals surface area (Å²) in [6.45, 7) is 1.26. The van der Waals surface area contributed by atoms with E-state index in [4.69, 9.17) is 15.3 Å². The third-order valence-electron chi connectivity index (χ3n) is 3.26. The van der Waals surface area contributed by atoms with Crippen molar-refractivity contribution < 1.29 is 9.53 Å². The second kappa shape index (κ2) is 7.82. The fourth-order valence-corrected chi connectivity index (χ4v) is 2.11. The number of amides is 1. The Morgan fingerprint density at radius 3 is 2.91 bits per heavy atom. The van der Waals surface area contributed by atoms with Crippen LogP contribution in [-0.2, 0) is 4.74 Å². The van der Waals surface area contributed by atoms with Gasteiger partial charge in [-0.1, -0.05) is 6.07 Å². The van der Waals surface area contributed by atoms with Crippen LogP contribution in [0.3, 0.4) is 0 Å². The summed E-state index contributed by atoms with van der Waals surface area (Å²) in [4.78, 5) is 12.1. The maximum atomic E-state index is 12.1. The predicted molar refractivity (Wildman–Crippen MR) is 80.7 cm³/mol. The van der Waals surface area contributed by atoms with E-state index in [0.29, 0.717) is 17.8 Å². The van der Waals surface area contributed by atoms with Gasteiger partial charge in [-0.05, 0) is 31.0 Å². The van der Waals surface area contributed by atoms with Crippen molar-refractivity contribution in [2.75, 3.05) is 18.5 Å². The lowest BCUT2D eigenvalue weighted by Crippen LogP contribution is -2.31. The minimum atomic E-state index is -0.177. The summed E-state index contributed by atoms with van der Waals surface area (Å²) in [6, 6.07) is 10.4. The number of benzene rings is 1. The molecule has 1 saturated heterocycles. The molecule has 22 heavy (non-hydrogen) atoms. The van der Waals surface area contributed by atoms with E-state index in [1.165, 1.54) is 6.20 Å². The third-order valence-corrected chi connectivity index (χ3v) is 3.26. The van der Waals surface area contributed by atoms with Crippen LogP contribution >= 0.6 is 0 Å². The molecule has 6 heteroatoms. The van der Waals surface area contributed by atoms with Gasteiger partial charge in [-0.15, -0.1) is 0 Å². The van der Waals surface area contributed by atoms with Gasteiger partial charge in [0.1, 0.15) is 17.7 Å². The molecule has 0 aromatic heterocycles. The van der Waals surface area contributed by atoms with Crippen LogP contribution in [0.5, 0.6) is 0 Å². The zero-order valence-electron chi connectivity index (χ0n) is 12.0. The van der Waals surface area contributed by atoms with Gasteiger partial charge in [0.2, 0.25) is 0 Å². The molecule has 1 aromatic rings. The largest absolute Gasteiger partial charge is 0.376 e. The second-order valence-electron chi connectivity index (χ2n) is 4.85. The Hall–Kier alpha value is -2.83. The summed E-state index contributed by atoms with van der Waals surface area (Å²) in [5, 5.41) is 23.0. The molecule has 1 aliphatic rings. The predicted octanol–water partition coefficient (Wildman–Crippen LogP) is 1.94. The van der Waals surface area contributed by atoms with Crippen LogP contribution in [-0.4, -0.2) is 25.2 Å². The van der Waals surface area contributed by atoms with Crippen LogP contribution in [0, 0.1) is 22.7 Å². The number of anilines is 1. The molecule has 1 fully saturated rings. The van der Waals surface area contributed by atoms with E-state index in [-0.39, 0.29) is 17.6 Å². The van der Waals surface area contributed by atoms with Gasteiger partial charge in [0.25, 0.3) is 5.91 Å². The Morgan fingerprint density at radius 2 is 2.23 bits per heavy atom. The lowest BCUT2D eigenvalue weighted by molar-refractivity contribution is 0.0858. The zero-order chi connectivity index (χ0) is 15.8. The quantitative estimate of drug-likeness (QED) is 0.809. The number of carbonyl (C=O) groups is 1. The van der Waals surface area contributed by atoms with E-state index in [1.807, 2.05) is 0 Å². The van der Waals surface area contributed by atoms with Gasteiger partial charge in [0, 0.05) is 30.6 Å². The van der Waals surface area contributed by atoms with Gasteiger partial charge in [-0.25, -0.2) is 0 Å². The van der Waals surface area contributed by atoms with Crippen LogP contribution in [0.25, 0.3) is 0 Å². The molecular formula is C16H16N4O2. The summed E-state index contributed by atoms with van der Waals surface area (Å²) in [7, 11) is 0. The van der Waals surface area contributed by atoms with Crippen molar-refractivity contribution in [3.63, 3.8) is 0 Å². The molecule has 2 rings (SSSR count). The van der Waals surface area contributed by atoms with Crippen LogP contribution in [0.1, 0.15) is 23.2 Å². The van der Waals surface area contributed by atoms with E-state index in [2.05, 4.69) is 10.6 Å². The summed E-state index contributed by atoms with van der Waals surface area (Å²) in [6.07, 6.45) is 3.41. The standard InChI is InChI=1S/C16H16N4O2/c17-8-12(9-18)10-19-14-4-1-3-13(7-14)16(21)20-11-15-5-2-6-22-15/h1,3-4,7,10,15,19H,2,5-6,11H2,(H,20,21). The minimum Gasteiger partial charge on any atom is -0.376 e. The highest BCUT2D eigenvalue weighted by Crippen LogP contribution is 2.13. The van der Waals surface area contributed by atoms with Gasteiger partial charge in [0.15, 0.2) is 0 Å². The highest BCUT2D eigenvalue weighted by molar-refractivity contribution is 5.95. The van der Waals surface area contributed by atoms with Gasteiger partial charge >= 0.3 is 0 Å². The molecule has 6 nitrogen and oxygen atoms in total. The lowest BCUT2D eigenvalue weighted by Gasteiger charge is -2.11. The summed E-state index contributed by atoms with van der Waals surface area (Å²) in [5.41, 5.74) is 1.10. The molecule has 1 atom stereocenters. The number of rotatable bonds is 5. The summed E-state index contributed by atoms with van der Waals surface area (Å²) >= 11 is 0. The maximum absolute atomic E-state index is 12.1. The fourth-order valence-electron chi connectivity index (χ4n) is 2.11. The van der Waals surface area contributed by atoms with Crippen LogP contribution in [0.4, 0.5) is 5.69 Å². The van der Waals surface area contributed by atoms with Gasteiger partial charge in [-0.3, -0.25) is 4.79 Å². The normalized spacial score (nSPS) is 16.2. The molecule has 0 spiro atoms. The molecule has 1 unspecified atom stereocenters. The molecule has 2 N–H and O–H groups in total.